The third-order valence-electron chi connectivity index (χ3n) is 2.07. The first-order valence-corrected chi connectivity index (χ1v) is 5.88. The zero-order valence-corrected chi connectivity index (χ0v) is 9.99. The maximum atomic E-state index is 10.8. The van der Waals surface area contributed by atoms with Crippen LogP contribution in [0.25, 0.3) is 0 Å². The highest BCUT2D eigenvalue weighted by Gasteiger charge is 2.08. The fourth-order valence-electron chi connectivity index (χ4n) is 1.34. The number of carbonyl (C=O) groups is 1. The number of rotatable bonds is 4. The van der Waals surface area contributed by atoms with E-state index in [4.69, 9.17) is 5.11 Å². The minimum atomic E-state index is -1.05. The molecule has 0 unspecified atom stereocenters. The van der Waals surface area contributed by atoms with E-state index in [0.29, 0.717) is 18.2 Å². The van der Waals surface area contributed by atoms with Crippen LogP contribution in [0.4, 0.5) is 5.95 Å². The van der Waals surface area contributed by atoms with E-state index in [1.54, 1.807) is 18.3 Å². The van der Waals surface area contributed by atoms with Crippen molar-refractivity contribution in [3.63, 3.8) is 0 Å². The first-order chi connectivity index (χ1) is 8.15. The van der Waals surface area contributed by atoms with Crippen LogP contribution in [-0.4, -0.2) is 21.0 Å². The summed E-state index contributed by atoms with van der Waals surface area (Å²) in [5.41, 5.74) is 0.636. The molecule has 0 fully saturated rings. The summed E-state index contributed by atoms with van der Waals surface area (Å²) < 4.78 is 0. The number of aromatic nitrogens is 2. The number of aryl methyl sites for hydroxylation is 1. The van der Waals surface area contributed by atoms with Gasteiger partial charge in [-0.1, -0.05) is 6.07 Å². The fraction of sp³-hybridized carbons (Fsp3) is 0.182. The van der Waals surface area contributed by atoms with Crippen LogP contribution in [0.3, 0.4) is 0 Å². The number of nitrogens with zero attached hydrogens (tertiary/aromatic N) is 2. The number of nitrogens with one attached hydrogen (secondary N) is 1. The molecule has 0 aromatic carbocycles. The van der Waals surface area contributed by atoms with E-state index in [-0.39, 0.29) is 5.69 Å². The zero-order valence-electron chi connectivity index (χ0n) is 9.17. The number of thiophene rings is 1. The molecular weight excluding hydrogens is 238 g/mol. The van der Waals surface area contributed by atoms with Crippen molar-refractivity contribution in [3.05, 3.63) is 39.8 Å². The number of anilines is 1. The summed E-state index contributed by atoms with van der Waals surface area (Å²) in [5.74, 6) is -0.703. The Hall–Kier alpha value is -1.95. The first kappa shape index (κ1) is 11.5. The average Bonchev–Trinajstić information content (AvgIpc) is 2.78. The lowest BCUT2D eigenvalue weighted by molar-refractivity contribution is 0.0690. The van der Waals surface area contributed by atoms with Gasteiger partial charge in [0.15, 0.2) is 5.69 Å². The number of hydrogen-bond donors (Lipinski definition) is 2. The summed E-state index contributed by atoms with van der Waals surface area (Å²) in [6.07, 6.45) is 0. The van der Waals surface area contributed by atoms with E-state index in [9.17, 15) is 4.79 Å². The molecule has 0 aliphatic carbocycles. The van der Waals surface area contributed by atoms with Crippen LogP contribution < -0.4 is 5.32 Å². The van der Waals surface area contributed by atoms with Gasteiger partial charge in [-0.25, -0.2) is 14.8 Å². The van der Waals surface area contributed by atoms with Crippen molar-refractivity contribution in [1.82, 2.24) is 9.97 Å². The van der Waals surface area contributed by atoms with Crippen LogP contribution in [-0.2, 0) is 6.54 Å². The third kappa shape index (κ3) is 3.01. The van der Waals surface area contributed by atoms with Crippen molar-refractivity contribution in [2.24, 2.45) is 0 Å². The Labute approximate surface area is 102 Å². The second-order valence-corrected chi connectivity index (χ2v) is 4.49. The molecule has 5 nitrogen and oxygen atoms in total. The lowest BCUT2D eigenvalue weighted by atomic mass is 10.3. The number of hydrogen-bond acceptors (Lipinski definition) is 5. The maximum absolute atomic E-state index is 10.8. The summed E-state index contributed by atoms with van der Waals surface area (Å²) in [6.45, 7) is 2.34. The Balaban J connectivity index is 2.13. The molecular formula is C11H11N3O2S. The van der Waals surface area contributed by atoms with Gasteiger partial charge in [0.1, 0.15) is 0 Å². The third-order valence-corrected chi connectivity index (χ3v) is 2.95. The molecule has 0 aliphatic heterocycles. The first-order valence-electron chi connectivity index (χ1n) is 5.00. The highest BCUT2D eigenvalue weighted by atomic mass is 32.1. The van der Waals surface area contributed by atoms with Gasteiger partial charge < -0.3 is 10.4 Å². The van der Waals surface area contributed by atoms with E-state index >= 15 is 0 Å². The van der Waals surface area contributed by atoms with E-state index in [2.05, 4.69) is 15.3 Å². The Kier molecular flexibility index (Phi) is 3.34. The number of aromatic carboxylic acids is 1. The van der Waals surface area contributed by atoms with Crippen LogP contribution in [0.1, 0.15) is 21.1 Å². The molecule has 17 heavy (non-hydrogen) atoms. The smallest absolute Gasteiger partial charge is 0.354 e. The molecule has 2 aromatic heterocycles. The summed E-state index contributed by atoms with van der Waals surface area (Å²) in [7, 11) is 0. The Bertz CT molecular complexity index is 526. The van der Waals surface area contributed by atoms with Gasteiger partial charge in [0.25, 0.3) is 0 Å². The van der Waals surface area contributed by atoms with Gasteiger partial charge in [0.2, 0.25) is 5.95 Å². The number of carboxylic acid groups (broad SMARTS) is 1. The fourth-order valence-corrected chi connectivity index (χ4v) is 1.98. The average molecular weight is 249 g/mol. The maximum Gasteiger partial charge on any atom is 0.354 e. The second-order valence-electron chi connectivity index (χ2n) is 3.46. The van der Waals surface area contributed by atoms with Crippen molar-refractivity contribution < 1.29 is 9.90 Å². The van der Waals surface area contributed by atoms with Gasteiger partial charge in [-0.05, 0) is 24.4 Å². The molecule has 0 atom stereocenters. The predicted molar refractivity (Wildman–Crippen MR) is 65.4 cm³/mol. The van der Waals surface area contributed by atoms with Gasteiger partial charge in [0.05, 0.1) is 6.54 Å². The summed E-state index contributed by atoms with van der Waals surface area (Å²) in [4.78, 5) is 20.0. The van der Waals surface area contributed by atoms with Crippen molar-refractivity contribution in [1.29, 1.82) is 0 Å². The second kappa shape index (κ2) is 4.92. The molecule has 0 saturated carbocycles. The molecule has 2 aromatic rings. The van der Waals surface area contributed by atoms with E-state index < -0.39 is 5.97 Å². The van der Waals surface area contributed by atoms with E-state index in [1.165, 1.54) is 6.07 Å². The normalized spacial score (nSPS) is 10.2. The Morgan fingerprint density at radius 3 is 3.00 bits per heavy atom. The van der Waals surface area contributed by atoms with Crippen LogP contribution >= 0.6 is 11.3 Å². The quantitative estimate of drug-likeness (QED) is 0.868. The highest BCUT2D eigenvalue weighted by molar-refractivity contribution is 7.09. The van der Waals surface area contributed by atoms with Crippen LogP contribution in [0.5, 0.6) is 0 Å². The van der Waals surface area contributed by atoms with Gasteiger partial charge in [-0.15, -0.1) is 11.3 Å². The Morgan fingerprint density at radius 2 is 2.35 bits per heavy atom. The molecule has 6 heteroatoms. The molecule has 2 heterocycles. The van der Waals surface area contributed by atoms with E-state index in [0.717, 1.165) is 4.88 Å². The molecule has 2 N–H and O–H groups in total. The molecule has 0 amide bonds. The van der Waals surface area contributed by atoms with Crippen molar-refractivity contribution in [3.8, 4) is 0 Å². The van der Waals surface area contributed by atoms with Crippen LogP contribution in [0.2, 0.25) is 0 Å². The Morgan fingerprint density at radius 1 is 1.53 bits per heavy atom. The largest absolute Gasteiger partial charge is 0.477 e. The van der Waals surface area contributed by atoms with Gasteiger partial charge in [0, 0.05) is 10.6 Å². The summed E-state index contributed by atoms with van der Waals surface area (Å²) in [5, 5.41) is 13.9. The molecule has 0 radical (unpaired) electrons. The van der Waals surface area contributed by atoms with Crippen molar-refractivity contribution in [2.45, 2.75) is 13.5 Å². The molecule has 0 spiro atoms. The lowest BCUT2D eigenvalue weighted by Gasteiger charge is -2.05. The topological polar surface area (TPSA) is 75.1 Å². The lowest BCUT2D eigenvalue weighted by Crippen LogP contribution is -2.08. The molecule has 88 valence electrons. The standard InChI is InChI=1S/C11H11N3O2S/c1-7-5-9(10(15)16)14-11(13-7)12-6-8-3-2-4-17-8/h2-5H,6H2,1H3,(H,15,16)(H,12,13,14). The predicted octanol–water partition coefficient (Wildman–Crippen LogP) is 2.16. The van der Waals surface area contributed by atoms with Gasteiger partial charge >= 0.3 is 5.97 Å². The van der Waals surface area contributed by atoms with Gasteiger partial charge in [-0.2, -0.15) is 0 Å². The van der Waals surface area contributed by atoms with Crippen LogP contribution in [0.15, 0.2) is 23.6 Å². The molecule has 2 rings (SSSR count). The SMILES string of the molecule is Cc1cc(C(=O)O)nc(NCc2cccs2)n1. The van der Waals surface area contributed by atoms with Gasteiger partial charge in [-0.3, -0.25) is 0 Å². The minimum absolute atomic E-state index is 0.00572. The molecule has 0 bridgehead atoms. The number of carboxylic acids is 1. The van der Waals surface area contributed by atoms with Crippen LogP contribution in [0, 0.1) is 6.92 Å². The monoisotopic (exact) mass is 249 g/mol. The van der Waals surface area contributed by atoms with Crippen molar-refractivity contribution in [2.75, 3.05) is 5.32 Å². The van der Waals surface area contributed by atoms with Crippen molar-refractivity contribution >= 4 is 23.3 Å². The summed E-state index contributed by atoms with van der Waals surface area (Å²) >= 11 is 1.62. The highest BCUT2D eigenvalue weighted by Crippen LogP contribution is 2.11. The zero-order chi connectivity index (χ0) is 12.3. The summed E-state index contributed by atoms with van der Waals surface area (Å²) in [6, 6.07) is 5.39. The minimum Gasteiger partial charge on any atom is -0.477 e. The molecule has 0 saturated heterocycles. The van der Waals surface area contributed by atoms with E-state index in [1.807, 2.05) is 17.5 Å². The molecule has 0 aliphatic rings.